The van der Waals surface area contributed by atoms with Crippen molar-refractivity contribution in [2.75, 3.05) is 0 Å². The van der Waals surface area contributed by atoms with Crippen molar-refractivity contribution in [3.05, 3.63) is 0 Å². The Morgan fingerprint density at radius 1 is 1.29 bits per heavy atom. The van der Waals surface area contributed by atoms with Gasteiger partial charge in [-0.25, -0.2) is 4.39 Å². The van der Waals surface area contributed by atoms with E-state index in [1.165, 1.54) is 0 Å². The van der Waals surface area contributed by atoms with Crippen LogP contribution in [0, 0.1) is 5.41 Å². The fraction of sp³-hybridized carbons (Fsp3) is 1.00. The summed E-state index contributed by atoms with van der Waals surface area (Å²) in [5, 5.41) is 0. The van der Waals surface area contributed by atoms with Gasteiger partial charge in [-0.15, -0.1) is 0 Å². The molecule has 0 saturated heterocycles. The molecule has 1 unspecified atom stereocenters. The monoisotopic (exact) mass is 104 g/mol. The van der Waals surface area contributed by atoms with Gasteiger partial charge in [-0.1, -0.05) is 20.8 Å². The van der Waals surface area contributed by atoms with E-state index in [9.17, 15) is 4.39 Å². The Kier molecular flexibility index (Phi) is 1.79. The second-order valence-corrected chi connectivity index (χ2v) is 2.98. The van der Waals surface area contributed by atoms with E-state index in [-0.39, 0.29) is 5.41 Å². The Balaban J connectivity index is 3.54. The fourth-order valence-electron chi connectivity index (χ4n) is 0. The molecule has 0 saturated carbocycles. The highest BCUT2D eigenvalue weighted by Gasteiger charge is 2.17. The first-order valence-electron chi connectivity index (χ1n) is 2.58. The van der Waals surface area contributed by atoms with Crippen LogP contribution in [0.15, 0.2) is 0 Å². The smallest absolute Gasteiger partial charge is 0.102 e. The quantitative estimate of drug-likeness (QED) is 0.442. The molecule has 0 radical (unpaired) electrons. The van der Waals surface area contributed by atoms with Crippen molar-refractivity contribution in [3.8, 4) is 0 Å². The van der Waals surface area contributed by atoms with Crippen LogP contribution in [-0.2, 0) is 0 Å². The van der Waals surface area contributed by atoms with Gasteiger partial charge in [0.1, 0.15) is 6.17 Å². The minimum absolute atomic E-state index is 0.167. The number of hydrogen-bond donors (Lipinski definition) is 0. The zero-order valence-corrected chi connectivity index (χ0v) is 5.46. The highest BCUT2D eigenvalue weighted by Crippen LogP contribution is 2.20. The zero-order chi connectivity index (χ0) is 6.08. The van der Waals surface area contributed by atoms with E-state index in [0.717, 1.165) is 0 Å². The third kappa shape index (κ3) is 2.60. The molecule has 0 spiro atoms. The highest BCUT2D eigenvalue weighted by molar-refractivity contribution is 4.67. The van der Waals surface area contributed by atoms with Gasteiger partial charge in [0, 0.05) is 0 Å². The van der Waals surface area contributed by atoms with E-state index in [0.29, 0.717) is 0 Å². The van der Waals surface area contributed by atoms with Gasteiger partial charge in [0.25, 0.3) is 0 Å². The maximum absolute atomic E-state index is 12.2. The maximum atomic E-state index is 12.2. The van der Waals surface area contributed by atoms with Crippen LogP contribution in [0.25, 0.3) is 0 Å². The lowest BCUT2D eigenvalue weighted by Gasteiger charge is -2.18. The summed E-state index contributed by atoms with van der Waals surface area (Å²) in [5.41, 5.74) is -0.167. The van der Waals surface area contributed by atoms with Crippen LogP contribution in [0.3, 0.4) is 0 Å². The summed E-state index contributed by atoms with van der Waals surface area (Å²) in [5.74, 6) is 0. The Morgan fingerprint density at radius 2 is 1.43 bits per heavy atom. The number of halogens is 1. The zero-order valence-electron chi connectivity index (χ0n) is 5.46. The molecule has 1 atom stereocenters. The van der Waals surface area contributed by atoms with Gasteiger partial charge in [-0.05, 0) is 12.3 Å². The molecule has 0 N–H and O–H groups in total. The number of rotatable bonds is 0. The van der Waals surface area contributed by atoms with E-state index in [1.54, 1.807) is 6.92 Å². The van der Waals surface area contributed by atoms with E-state index < -0.39 is 6.17 Å². The van der Waals surface area contributed by atoms with Gasteiger partial charge < -0.3 is 0 Å². The average Bonchev–Trinajstić information content (AvgIpc) is 1.31. The van der Waals surface area contributed by atoms with Gasteiger partial charge in [0.15, 0.2) is 0 Å². The standard InChI is InChI=1S/C6H13F/c1-5(7)6(2,3)4/h5H,1-4H3. The first kappa shape index (κ1) is 6.93. The minimum Gasteiger partial charge on any atom is -0.247 e. The molecule has 0 aromatic rings. The molecular formula is C6H13F. The van der Waals surface area contributed by atoms with E-state index in [4.69, 9.17) is 0 Å². The highest BCUT2D eigenvalue weighted by atomic mass is 19.1. The van der Waals surface area contributed by atoms with Crippen molar-refractivity contribution in [1.82, 2.24) is 0 Å². The second-order valence-electron chi connectivity index (χ2n) is 2.98. The Bertz CT molecular complexity index is 49.7. The van der Waals surface area contributed by atoms with Crippen LogP contribution in [0.2, 0.25) is 0 Å². The summed E-state index contributed by atoms with van der Waals surface area (Å²) in [7, 11) is 0. The molecule has 0 aliphatic rings. The molecule has 7 heavy (non-hydrogen) atoms. The Morgan fingerprint density at radius 3 is 1.43 bits per heavy atom. The van der Waals surface area contributed by atoms with Crippen molar-refractivity contribution in [2.24, 2.45) is 5.41 Å². The SMILES string of the molecule is CC(F)C(C)(C)C. The number of alkyl halides is 1. The molecule has 0 heterocycles. The largest absolute Gasteiger partial charge is 0.247 e. The minimum atomic E-state index is -0.701. The molecule has 0 aromatic heterocycles. The van der Waals surface area contributed by atoms with Crippen LogP contribution in [-0.4, -0.2) is 6.17 Å². The molecule has 0 aliphatic carbocycles. The van der Waals surface area contributed by atoms with Gasteiger partial charge in [-0.2, -0.15) is 0 Å². The third-order valence-electron chi connectivity index (χ3n) is 1.19. The summed E-state index contributed by atoms with van der Waals surface area (Å²) in [4.78, 5) is 0. The summed E-state index contributed by atoms with van der Waals surface area (Å²) < 4.78 is 12.2. The second kappa shape index (κ2) is 1.81. The van der Waals surface area contributed by atoms with Crippen LogP contribution in [0.4, 0.5) is 4.39 Å². The molecule has 0 aromatic carbocycles. The Hall–Kier alpha value is -0.0700. The topological polar surface area (TPSA) is 0 Å². The normalized spacial score (nSPS) is 16.7. The molecule has 0 nitrogen and oxygen atoms in total. The van der Waals surface area contributed by atoms with E-state index >= 15 is 0 Å². The molecule has 44 valence electrons. The Labute approximate surface area is 44.7 Å². The van der Waals surface area contributed by atoms with E-state index in [2.05, 4.69) is 0 Å². The van der Waals surface area contributed by atoms with E-state index in [1.807, 2.05) is 20.8 Å². The van der Waals surface area contributed by atoms with Crippen LogP contribution >= 0.6 is 0 Å². The number of hydrogen-bond acceptors (Lipinski definition) is 0. The molecule has 0 aliphatic heterocycles. The van der Waals surface area contributed by atoms with Gasteiger partial charge >= 0.3 is 0 Å². The fourth-order valence-corrected chi connectivity index (χ4v) is 0. The third-order valence-corrected chi connectivity index (χ3v) is 1.19. The lowest BCUT2D eigenvalue weighted by molar-refractivity contribution is 0.182. The van der Waals surface area contributed by atoms with Gasteiger partial charge in [0.2, 0.25) is 0 Å². The summed E-state index contributed by atoms with van der Waals surface area (Å²) in [6, 6.07) is 0. The summed E-state index contributed by atoms with van der Waals surface area (Å²) >= 11 is 0. The first-order chi connectivity index (χ1) is 2.94. The summed E-state index contributed by atoms with van der Waals surface area (Å²) in [6.07, 6.45) is -0.701. The molecule has 0 amide bonds. The van der Waals surface area contributed by atoms with Crippen molar-refractivity contribution in [3.63, 3.8) is 0 Å². The van der Waals surface area contributed by atoms with Crippen molar-refractivity contribution in [2.45, 2.75) is 33.9 Å². The first-order valence-corrected chi connectivity index (χ1v) is 2.58. The van der Waals surface area contributed by atoms with Crippen LogP contribution < -0.4 is 0 Å². The molecule has 0 fully saturated rings. The lowest BCUT2D eigenvalue weighted by atomic mass is 9.92. The molecular weight excluding hydrogens is 91.1 g/mol. The maximum Gasteiger partial charge on any atom is 0.102 e. The predicted octanol–water partition coefficient (Wildman–Crippen LogP) is 2.39. The van der Waals surface area contributed by atoms with Crippen molar-refractivity contribution in [1.29, 1.82) is 0 Å². The predicted molar refractivity (Wildman–Crippen MR) is 30.0 cm³/mol. The van der Waals surface area contributed by atoms with Crippen LogP contribution in [0.1, 0.15) is 27.7 Å². The molecule has 0 rings (SSSR count). The average molecular weight is 104 g/mol. The van der Waals surface area contributed by atoms with Crippen molar-refractivity contribution < 1.29 is 4.39 Å². The summed E-state index contributed by atoms with van der Waals surface area (Å²) in [6.45, 7) is 7.24. The molecule has 0 bridgehead atoms. The van der Waals surface area contributed by atoms with Gasteiger partial charge in [0.05, 0.1) is 0 Å². The van der Waals surface area contributed by atoms with Crippen molar-refractivity contribution >= 4 is 0 Å². The van der Waals surface area contributed by atoms with Crippen LogP contribution in [0.5, 0.6) is 0 Å². The molecule has 1 heteroatoms. The van der Waals surface area contributed by atoms with Gasteiger partial charge in [-0.3, -0.25) is 0 Å². The lowest BCUT2D eigenvalue weighted by Crippen LogP contribution is -2.17.